The van der Waals surface area contributed by atoms with Gasteiger partial charge in [-0.2, -0.15) is 5.10 Å². The first-order valence-corrected chi connectivity index (χ1v) is 7.61. The predicted molar refractivity (Wildman–Crippen MR) is 88.6 cm³/mol. The highest BCUT2D eigenvalue weighted by Gasteiger charge is 2.17. The molecule has 0 aliphatic rings. The van der Waals surface area contributed by atoms with Crippen LogP contribution in [0.1, 0.15) is 17.3 Å². The van der Waals surface area contributed by atoms with Crippen LogP contribution < -0.4 is 5.32 Å². The number of hydrogen-bond acceptors (Lipinski definition) is 2. The van der Waals surface area contributed by atoms with E-state index in [2.05, 4.69) is 56.7 Å². The van der Waals surface area contributed by atoms with Crippen molar-refractivity contribution in [3.8, 4) is 5.69 Å². The summed E-state index contributed by atoms with van der Waals surface area (Å²) < 4.78 is 3.05. The molecule has 0 bridgehead atoms. The summed E-state index contributed by atoms with van der Waals surface area (Å²) in [4.78, 5) is 0. The molecule has 0 amide bonds. The molecule has 0 radical (unpaired) electrons. The van der Waals surface area contributed by atoms with Gasteiger partial charge in [0.2, 0.25) is 0 Å². The summed E-state index contributed by atoms with van der Waals surface area (Å²) in [6, 6.07) is 20.6. The smallest absolute Gasteiger partial charge is 0.0750 e. The van der Waals surface area contributed by atoms with E-state index in [1.54, 1.807) is 0 Å². The molecule has 3 aromatic rings. The zero-order valence-electron chi connectivity index (χ0n) is 11.7. The van der Waals surface area contributed by atoms with Crippen LogP contribution in [-0.2, 0) is 0 Å². The van der Waals surface area contributed by atoms with Gasteiger partial charge in [-0.3, -0.25) is 0 Å². The Balaban J connectivity index is 2.05. The van der Waals surface area contributed by atoms with Crippen LogP contribution in [0.25, 0.3) is 5.69 Å². The highest BCUT2D eigenvalue weighted by atomic mass is 79.9. The summed E-state index contributed by atoms with van der Waals surface area (Å²) >= 11 is 3.54. The molecule has 106 valence electrons. The highest BCUT2D eigenvalue weighted by Crippen LogP contribution is 2.25. The van der Waals surface area contributed by atoms with Crippen molar-refractivity contribution >= 4 is 15.9 Å². The van der Waals surface area contributed by atoms with Gasteiger partial charge in [-0.1, -0.05) is 46.3 Å². The summed E-state index contributed by atoms with van der Waals surface area (Å²) in [5, 5.41) is 7.84. The molecule has 3 nitrogen and oxygen atoms in total. The number of nitrogens with one attached hydrogen (secondary N) is 1. The van der Waals surface area contributed by atoms with E-state index in [9.17, 15) is 0 Å². The standard InChI is InChI=1S/C17H16BrN3/c1-19-17(13-6-5-7-14(18)12-13)16-10-11-20-21(16)15-8-3-2-4-9-15/h2-12,17,19H,1H3. The molecule has 0 saturated heterocycles. The average Bonchev–Trinajstić information content (AvgIpc) is 2.98. The lowest BCUT2D eigenvalue weighted by Crippen LogP contribution is -2.21. The van der Waals surface area contributed by atoms with Crippen molar-refractivity contribution in [2.45, 2.75) is 6.04 Å². The Hall–Kier alpha value is -1.91. The van der Waals surface area contributed by atoms with Crippen LogP contribution in [-0.4, -0.2) is 16.8 Å². The summed E-state index contributed by atoms with van der Waals surface area (Å²) in [7, 11) is 1.97. The van der Waals surface area contributed by atoms with Crippen LogP contribution >= 0.6 is 15.9 Å². The van der Waals surface area contributed by atoms with Crippen LogP contribution in [0, 0.1) is 0 Å². The fourth-order valence-electron chi connectivity index (χ4n) is 2.49. The molecule has 0 spiro atoms. The van der Waals surface area contributed by atoms with Crippen LogP contribution in [0.15, 0.2) is 71.3 Å². The molecule has 3 rings (SSSR count). The second-order valence-corrected chi connectivity index (χ2v) is 5.70. The Labute approximate surface area is 132 Å². The molecular weight excluding hydrogens is 326 g/mol. The number of halogens is 1. The second-order valence-electron chi connectivity index (χ2n) is 4.78. The summed E-state index contributed by atoms with van der Waals surface area (Å²) in [6.07, 6.45) is 1.84. The van der Waals surface area contributed by atoms with E-state index >= 15 is 0 Å². The maximum atomic E-state index is 4.47. The number of benzene rings is 2. The molecular formula is C17H16BrN3. The average molecular weight is 342 g/mol. The minimum absolute atomic E-state index is 0.0882. The fraction of sp³-hybridized carbons (Fsp3) is 0.118. The molecule has 0 aliphatic heterocycles. The molecule has 1 atom stereocenters. The maximum absolute atomic E-state index is 4.47. The lowest BCUT2D eigenvalue weighted by atomic mass is 10.0. The van der Waals surface area contributed by atoms with Crippen LogP contribution in [0.2, 0.25) is 0 Å². The molecule has 1 heterocycles. The third-order valence-electron chi connectivity index (χ3n) is 3.44. The van der Waals surface area contributed by atoms with Crippen molar-refractivity contribution < 1.29 is 0 Å². The Morgan fingerprint density at radius 3 is 2.57 bits per heavy atom. The van der Waals surface area contributed by atoms with Crippen molar-refractivity contribution in [3.05, 3.63) is 82.6 Å². The van der Waals surface area contributed by atoms with Crippen LogP contribution in [0.3, 0.4) is 0 Å². The molecule has 0 fully saturated rings. The van der Waals surface area contributed by atoms with Crippen molar-refractivity contribution in [2.75, 3.05) is 7.05 Å². The van der Waals surface area contributed by atoms with Gasteiger partial charge in [0.25, 0.3) is 0 Å². The topological polar surface area (TPSA) is 29.9 Å². The Morgan fingerprint density at radius 2 is 1.86 bits per heavy atom. The first-order chi connectivity index (χ1) is 10.3. The van der Waals surface area contributed by atoms with Crippen molar-refractivity contribution in [3.63, 3.8) is 0 Å². The van der Waals surface area contributed by atoms with Gasteiger partial charge in [-0.25, -0.2) is 4.68 Å². The van der Waals surface area contributed by atoms with E-state index in [-0.39, 0.29) is 6.04 Å². The minimum Gasteiger partial charge on any atom is -0.308 e. The van der Waals surface area contributed by atoms with Gasteiger partial charge >= 0.3 is 0 Å². The van der Waals surface area contributed by atoms with E-state index in [4.69, 9.17) is 0 Å². The van der Waals surface area contributed by atoms with E-state index in [0.29, 0.717) is 0 Å². The Bertz CT molecular complexity index is 722. The van der Waals surface area contributed by atoms with Gasteiger partial charge in [0, 0.05) is 10.7 Å². The number of hydrogen-bond donors (Lipinski definition) is 1. The number of para-hydroxylation sites is 1. The van der Waals surface area contributed by atoms with Gasteiger partial charge in [0.1, 0.15) is 0 Å². The molecule has 1 unspecified atom stereocenters. The normalized spacial score (nSPS) is 12.3. The highest BCUT2D eigenvalue weighted by molar-refractivity contribution is 9.10. The maximum Gasteiger partial charge on any atom is 0.0750 e. The Kier molecular flexibility index (Phi) is 4.18. The molecule has 1 N–H and O–H groups in total. The zero-order valence-corrected chi connectivity index (χ0v) is 13.3. The van der Waals surface area contributed by atoms with Crippen molar-refractivity contribution in [1.29, 1.82) is 0 Å². The second kappa shape index (κ2) is 6.24. The van der Waals surface area contributed by atoms with Gasteiger partial charge < -0.3 is 5.32 Å². The number of aromatic nitrogens is 2. The summed E-state index contributed by atoms with van der Waals surface area (Å²) in [5.74, 6) is 0. The molecule has 2 aromatic carbocycles. The molecule has 0 saturated carbocycles. The molecule has 0 aliphatic carbocycles. The fourth-order valence-corrected chi connectivity index (χ4v) is 2.91. The third-order valence-corrected chi connectivity index (χ3v) is 3.93. The zero-order chi connectivity index (χ0) is 14.7. The lowest BCUT2D eigenvalue weighted by molar-refractivity contribution is 0.637. The molecule has 1 aromatic heterocycles. The van der Waals surface area contributed by atoms with Crippen LogP contribution in [0.4, 0.5) is 0 Å². The van der Waals surface area contributed by atoms with Crippen molar-refractivity contribution in [1.82, 2.24) is 15.1 Å². The van der Waals surface area contributed by atoms with Crippen LogP contribution in [0.5, 0.6) is 0 Å². The SMILES string of the molecule is CNC(c1cccc(Br)c1)c1ccnn1-c1ccccc1. The van der Waals surface area contributed by atoms with Gasteiger partial charge in [-0.05, 0) is 42.9 Å². The first kappa shape index (κ1) is 14.0. The first-order valence-electron chi connectivity index (χ1n) is 6.81. The van der Waals surface area contributed by atoms with E-state index in [0.717, 1.165) is 15.9 Å². The van der Waals surface area contributed by atoms with Gasteiger partial charge in [0.15, 0.2) is 0 Å². The summed E-state index contributed by atoms with van der Waals surface area (Å²) in [5.41, 5.74) is 3.37. The Morgan fingerprint density at radius 1 is 1.05 bits per heavy atom. The number of rotatable bonds is 4. The van der Waals surface area contributed by atoms with E-state index in [1.807, 2.05) is 48.3 Å². The van der Waals surface area contributed by atoms with Gasteiger partial charge in [0.05, 0.1) is 17.4 Å². The monoisotopic (exact) mass is 341 g/mol. The minimum atomic E-state index is 0.0882. The molecule has 21 heavy (non-hydrogen) atoms. The predicted octanol–water partition coefficient (Wildman–Crippen LogP) is 3.94. The van der Waals surface area contributed by atoms with E-state index < -0.39 is 0 Å². The number of nitrogens with zero attached hydrogens (tertiary/aromatic N) is 2. The lowest BCUT2D eigenvalue weighted by Gasteiger charge is -2.19. The van der Waals surface area contributed by atoms with Crippen molar-refractivity contribution in [2.24, 2.45) is 0 Å². The third kappa shape index (κ3) is 2.91. The quantitative estimate of drug-likeness (QED) is 0.778. The molecule has 4 heteroatoms. The van der Waals surface area contributed by atoms with Gasteiger partial charge in [-0.15, -0.1) is 0 Å². The largest absolute Gasteiger partial charge is 0.308 e. The van der Waals surface area contributed by atoms with E-state index in [1.165, 1.54) is 5.56 Å². The summed E-state index contributed by atoms with van der Waals surface area (Å²) in [6.45, 7) is 0.